The van der Waals surface area contributed by atoms with E-state index in [9.17, 15) is 4.39 Å². The fraction of sp³-hybridized carbons (Fsp3) is 0.294. The standard InChI is InChI=1S/C17H17BrFNO/c1-10-3-4-11(7-14(10)18)16-9-15(20-2)13-6-5-12(19)8-17(13)21-16/h3-8,15-16,20H,9H2,1-2H3. The molecule has 0 fully saturated rings. The molecule has 1 N–H and O–H groups in total. The first-order valence-corrected chi connectivity index (χ1v) is 7.77. The van der Waals surface area contributed by atoms with Gasteiger partial charge < -0.3 is 10.1 Å². The molecule has 2 nitrogen and oxygen atoms in total. The van der Waals surface area contributed by atoms with Gasteiger partial charge in [-0.25, -0.2) is 4.39 Å². The van der Waals surface area contributed by atoms with Gasteiger partial charge in [-0.2, -0.15) is 0 Å². The summed E-state index contributed by atoms with van der Waals surface area (Å²) in [6.45, 7) is 2.05. The van der Waals surface area contributed by atoms with Crippen LogP contribution >= 0.6 is 15.9 Å². The van der Waals surface area contributed by atoms with Crippen LogP contribution < -0.4 is 10.1 Å². The third-order valence-corrected chi connectivity index (χ3v) is 4.84. The SMILES string of the molecule is CNC1CC(c2ccc(C)c(Br)c2)Oc2cc(F)ccc21. The van der Waals surface area contributed by atoms with Crippen LogP contribution in [0.15, 0.2) is 40.9 Å². The molecule has 2 unspecified atom stereocenters. The van der Waals surface area contributed by atoms with Crippen molar-refractivity contribution in [2.75, 3.05) is 7.05 Å². The van der Waals surface area contributed by atoms with Crippen LogP contribution in [0.5, 0.6) is 5.75 Å². The van der Waals surface area contributed by atoms with Crippen LogP contribution in [-0.2, 0) is 0 Å². The monoisotopic (exact) mass is 349 g/mol. The van der Waals surface area contributed by atoms with Crippen molar-refractivity contribution in [3.63, 3.8) is 0 Å². The van der Waals surface area contributed by atoms with Crippen LogP contribution in [0, 0.1) is 12.7 Å². The third kappa shape index (κ3) is 2.83. The molecule has 0 aliphatic carbocycles. The molecule has 3 rings (SSSR count). The van der Waals surface area contributed by atoms with Gasteiger partial charge in [-0.3, -0.25) is 0 Å². The van der Waals surface area contributed by atoms with Crippen LogP contribution in [0.1, 0.15) is 35.3 Å². The van der Waals surface area contributed by atoms with Crippen LogP contribution in [0.4, 0.5) is 4.39 Å². The number of hydrogen-bond donors (Lipinski definition) is 1. The second-order valence-corrected chi connectivity index (χ2v) is 6.23. The molecule has 21 heavy (non-hydrogen) atoms. The molecule has 2 aromatic carbocycles. The van der Waals surface area contributed by atoms with Crippen molar-refractivity contribution in [1.29, 1.82) is 0 Å². The first-order valence-electron chi connectivity index (χ1n) is 6.98. The van der Waals surface area contributed by atoms with Crippen molar-refractivity contribution < 1.29 is 9.13 Å². The molecule has 110 valence electrons. The maximum atomic E-state index is 13.5. The molecule has 0 saturated carbocycles. The van der Waals surface area contributed by atoms with Crippen molar-refractivity contribution in [3.05, 3.63) is 63.4 Å². The predicted octanol–water partition coefficient (Wildman–Crippen LogP) is 4.68. The molecule has 2 atom stereocenters. The minimum atomic E-state index is -0.269. The number of aryl methyl sites for hydroxylation is 1. The van der Waals surface area contributed by atoms with E-state index in [1.165, 1.54) is 17.7 Å². The van der Waals surface area contributed by atoms with Crippen molar-refractivity contribution in [2.45, 2.75) is 25.5 Å². The molecule has 1 heterocycles. The number of nitrogens with one attached hydrogen (secondary N) is 1. The summed E-state index contributed by atoms with van der Waals surface area (Å²) in [5, 5.41) is 3.29. The van der Waals surface area contributed by atoms with Gasteiger partial charge >= 0.3 is 0 Å². The number of rotatable bonds is 2. The molecular formula is C17H17BrFNO. The highest BCUT2D eigenvalue weighted by molar-refractivity contribution is 9.10. The van der Waals surface area contributed by atoms with Gasteiger partial charge in [0.15, 0.2) is 0 Å². The molecule has 0 spiro atoms. The summed E-state index contributed by atoms with van der Waals surface area (Å²) >= 11 is 3.56. The molecule has 1 aliphatic heterocycles. The van der Waals surface area contributed by atoms with E-state index >= 15 is 0 Å². The van der Waals surface area contributed by atoms with Gasteiger partial charge in [0.1, 0.15) is 17.7 Å². The molecule has 0 amide bonds. The lowest BCUT2D eigenvalue weighted by Gasteiger charge is -2.32. The van der Waals surface area contributed by atoms with Gasteiger partial charge in [0, 0.05) is 28.6 Å². The maximum absolute atomic E-state index is 13.5. The Bertz CT molecular complexity index is 674. The highest BCUT2D eigenvalue weighted by atomic mass is 79.9. The molecular weight excluding hydrogens is 333 g/mol. The zero-order valence-corrected chi connectivity index (χ0v) is 13.6. The lowest BCUT2D eigenvalue weighted by Crippen LogP contribution is -2.26. The summed E-state index contributed by atoms with van der Waals surface area (Å²) in [7, 11) is 1.92. The number of halogens is 2. The summed E-state index contributed by atoms with van der Waals surface area (Å²) in [6.07, 6.45) is 0.749. The first kappa shape index (κ1) is 14.5. The van der Waals surface area contributed by atoms with Gasteiger partial charge in [-0.15, -0.1) is 0 Å². The van der Waals surface area contributed by atoms with E-state index in [0.29, 0.717) is 5.75 Å². The normalized spacial score (nSPS) is 20.8. The summed E-state index contributed by atoms with van der Waals surface area (Å²) in [5.41, 5.74) is 3.30. The molecule has 0 radical (unpaired) electrons. The van der Waals surface area contributed by atoms with Gasteiger partial charge in [0.25, 0.3) is 0 Å². The lowest BCUT2D eigenvalue weighted by atomic mass is 9.92. The fourth-order valence-electron chi connectivity index (χ4n) is 2.73. The molecule has 0 saturated heterocycles. The first-order chi connectivity index (χ1) is 10.1. The van der Waals surface area contributed by atoms with E-state index in [1.54, 1.807) is 6.07 Å². The summed E-state index contributed by atoms with van der Waals surface area (Å²) in [4.78, 5) is 0. The largest absolute Gasteiger partial charge is 0.485 e. The minimum Gasteiger partial charge on any atom is -0.485 e. The van der Waals surface area contributed by atoms with E-state index in [1.807, 2.05) is 7.05 Å². The number of fused-ring (bicyclic) bond motifs is 1. The zero-order valence-electron chi connectivity index (χ0n) is 12.0. The molecule has 0 aromatic heterocycles. The third-order valence-electron chi connectivity index (χ3n) is 3.99. The molecule has 4 heteroatoms. The second kappa shape index (κ2) is 5.78. The van der Waals surface area contributed by atoms with Gasteiger partial charge in [0.2, 0.25) is 0 Å². The van der Waals surface area contributed by atoms with Crippen LogP contribution in [0.2, 0.25) is 0 Å². The second-order valence-electron chi connectivity index (χ2n) is 5.37. The van der Waals surface area contributed by atoms with E-state index < -0.39 is 0 Å². The van der Waals surface area contributed by atoms with Crippen molar-refractivity contribution >= 4 is 15.9 Å². The molecule has 1 aliphatic rings. The van der Waals surface area contributed by atoms with Crippen LogP contribution in [0.25, 0.3) is 0 Å². The van der Waals surface area contributed by atoms with Crippen molar-refractivity contribution in [3.8, 4) is 5.75 Å². The van der Waals surface area contributed by atoms with Gasteiger partial charge in [0.05, 0.1) is 0 Å². The van der Waals surface area contributed by atoms with Crippen molar-refractivity contribution in [2.24, 2.45) is 0 Å². The average Bonchev–Trinajstić information content (AvgIpc) is 2.48. The predicted molar refractivity (Wildman–Crippen MR) is 85.1 cm³/mol. The zero-order chi connectivity index (χ0) is 15.0. The summed E-state index contributed by atoms with van der Waals surface area (Å²) < 4.78 is 20.6. The number of ether oxygens (including phenoxy) is 1. The van der Waals surface area contributed by atoms with Crippen LogP contribution in [-0.4, -0.2) is 7.05 Å². The summed E-state index contributed by atoms with van der Waals surface area (Å²) in [5.74, 6) is 0.358. The summed E-state index contributed by atoms with van der Waals surface area (Å²) in [6, 6.07) is 11.1. The van der Waals surface area contributed by atoms with E-state index in [0.717, 1.165) is 22.0 Å². The Morgan fingerprint density at radius 3 is 2.76 bits per heavy atom. The topological polar surface area (TPSA) is 21.3 Å². The Morgan fingerprint density at radius 1 is 1.24 bits per heavy atom. The number of benzene rings is 2. The van der Waals surface area contributed by atoms with Gasteiger partial charge in [-0.1, -0.05) is 34.1 Å². The Hall–Kier alpha value is -1.39. The Kier molecular flexibility index (Phi) is 4.00. The fourth-order valence-corrected chi connectivity index (χ4v) is 3.12. The Balaban J connectivity index is 1.97. The van der Waals surface area contributed by atoms with Crippen LogP contribution in [0.3, 0.4) is 0 Å². The highest BCUT2D eigenvalue weighted by Gasteiger charge is 2.28. The average molecular weight is 350 g/mol. The van der Waals surface area contributed by atoms with E-state index in [-0.39, 0.29) is 18.0 Å². The Morgan fingerprint density at radius 2 is 2.05 bits per heavy atom. The van der Waals surface area contributed by atoms with Gasteiger partial charge in [-0.05, 0) is 37.2 Å². The van der Waals surface area contributed by atoms with Crippen molar-refractivity contribution in [1.82, 2.24) is 5.32 Å². The number of hydrogen-bond acceptors (Lipinski definition) is 2. The minimum absolute atomic E-state index is 0.0753. The highest BCUT2D eigenvalue weighted by Crippen LogP contribution is 2.41. The smallest absolute Gasteiger partial charge is 0.127 e. The Labute approximate surface area is 132 Å². The maximum Gasteiger partial charge on any atom is 0.127 e. The van der Waals surface area contributed by atoms with E-state index in [2.05, 4.69) is 46.4 Å². The molecule has 2 aromatic rings. The lowest BCUT2D eigenvalue weighted by molar-refractivity contribution is 0.153. The quantitative estimate of drug-likeness (QED) is 0.849. The van der Waals surface area contributed by atoms with E-state index in [4.69, 9.17) is 4.74 Å². The molecule has 0 bridgehead atoms.